The van der Waals surface area contributed by atoms with Crippen LogP contribution in [0.15, 0.2) is 235 Å². The number of carbonyl (C=O) groups excluding carboxylic acids is 16. The molecule has 4 aromatic carbocycles. The van der Waals surface area contributed by atoms with E-state index in [2.05, 4.69) is 58.4 Å². The fourth-order valence-electron chi connectivity index (χ4n) is 16.4. The number of rotatable bonds is 22. The van der Waals surface area contributed by atoms with Crippen LogP contribution in [0.4, 0.5) is 0 Å². The van der Waals surface area contributed by atoms with Crippen molar-refractivity contribution in [2.45, 2.75) is 100 Å². The van der Waals surface area contributed by atoms with Gasteiger partial charge in [0.15, 0.2) is 28.8 Å². The van der Waals surface area contributed by atoms with E-state index in [1.807, 2.05) is 72.9 Å². The summed E-state index contributed by atoms with van der Waals surface area (Å²) < 4.78 is 57.5. The summed E-state index contributed by atoms with van der Waals surface area (Å²) in [6.07, 6.45) is 19.2. The van der Waals surface area contributed by atoms with E-state index in [0.717, 1.165) is 36.1 Å². The number of aromatic nitrogens is 11. The number of benzene rings is 4. The Bertz CT molecular complexity index is 8150. The number of carbonyl (C=O) groups is 16. The summed E-state index contributed by atoms with van der Waals surface area (Å²) >= 11 is 0. The van der Waals surface area contributed by atoms with Gasteiger partial charge in [-0.15, -0.1) is 16.6 Å². The molecule has 21 rings (SSSR count). The Labute approximate surface area is 820 Å². The van der Waals surface area contributed by atoms with Crippen LogP contribution in [-0.4, -0.2) is 162 Å². The van der Waals surface area contributed by atoms with E-state index in [9.17, 15) is 76.7 Å². The second-order valence-electron chi connectivity index (χ2n) is 32.9. The van der Waals surface area contributed by atoms with Crippen LogP contribution < -0.4 is 9.47 Å². The number of furan rings is 5. The van der Waals surface area contributed by atoms with Crippen molar-refractivity contribution in [1.82, 2.24) is 54.9 Å². The van der Waals surface area contributed by atoms with Crippen LogP contribution >= 0.6 is 0 Å². The van der Waals surface area contributed by atoms with Gasteiger partial charge in [-0.3, -0.25) is 87.0 Å². The van der Waals surface area contributed by atoms with Crippen LogP contribution in [0.5, 0.6) is 11.5 Å². The zero-order chi connectivity index (χ0) is 102. The third kappa shape index (κ3) is 19.5. The maximum Gasteiger partial charge on any atom is 0.347 e. The minimum Gasteiger partial charge on any atom is -0.462 e. The number of Topliss-reactive ketones (excluding diaryl/α,β-unsaturated/α-hetero) is 1. The number of ether oxygens (including phenoxy) is 5. The Morgan fingerprint density at radius 1 is 0.366 bits per heavy atom. The largest absolute Gasteiger partial charge is 0.462 e. The fraction of sp³-hybridized carbons (Fsp3) is 0.157. The standard InChI is InChI=1S/C25H20N4O5.C21H18N4O6.C21H15NO5.C21H11NO5.C20H13NO5/c1-3-4-11-29-13-18(27-28-29)15-7-5-8-16(12-15)34-25(32)19-14(2)33-24-20(19)23(31)21-17(22(24)30)9-6-10-26-21;1-11(26)5-8-25-10-13(23-24-25)6-9-30-21(29)15-12(2)31-20-16(15)19(28)17-14(18(20)27)4-3-7-22-17;1-12-15(21(25)26-11-9-13-6-3-2-4-7-13)16-19(24)17-14(8-5-10-22-17)18(23)20(16)27-12;1-3-12-6-4-7-13(10-12)27-21(25)15-11(2)26-20-16(15)19(24)17-14(18(20)23)8-5-9-22-17;1-11-14(20(24)25-10-12-6-3-2-4-7-12)15-18(23)16-13(8-5-9-21-16)17(22)19(15)26-11/h5-10,12-13H,3-4,11H2,1-2H3;3-4,7,10H,5-6,8-9H2,1-2H3;2-8,10H,9,11H2,1H3;1,4-10H,2H3;2-9H,10H2,1H3. The quantitative estimate of drug-likeness (QED) is 0.0263. The molecule has 5 aliphatic carbocycles. The van der Waals surface area contributed by atoms with E-state index < -0.39 is 87.7 Å². The van der Waals surface area contributed by atoms with Gasteiger partial charge in [0.1, 0.15) is 115 Å². The Hall–Kier alpha value is -19.4. The molecule has 0 spiro atoms. The first-order valence-electron chi connectivity index (χ1n) is 44.9. The van der Waals surface area contributed by atoms with Gasteiger partial charge in [0.05, 0.1) is 80.7 Å². The smallest absolute Gasteiger partial charge is 0.347 e. The van der Waals surface area contributed by atoms with Crippen molar-refractivity contribution in [1.29, 1.82) is 0 Å². The number of unbranched alkanes of at least 4 members (excludes halogenated alkanes) is 1. The number of ketones is 11. The Morgan fingerprint density at radius 2 is 0.717 bits per heavy atom. The summed E-state index contributed by atoms with van der Waals surface area (Å²) in [5.74, 6) is -5.98. The van der Waals surface area contributed by atoms with Gasteiger partial charge in [-0.25, -0.2) is 24.0 Å². The molecular weight excluding hydrogens is 1870 g/mol. The number of fused-ring (bicyclic) bond motifs is 10. The average Bonchev–Trinajstić information content (AvgIpc) is 1.62. The molecule has 145 heavy (non-hydrogen) atoms. The van der Waals surface area contributed by atoms with E-state index in [1.54, 1.807) is 82.3 Å². The molecular formula is C108H77N11O26. The number of hydrogen-bond donors (Lipinski definition) is 0. The summed E-state index contributed by atoms with van der Waals surface area (Å²) in [7, 11) is 0. The minimum atomic E-state index is -0.813. The molecule has 0 saturated carbocycles. The molecule has 0 atom stereocenters. The van der Waals surface area contributed by atoms with Crippen molar-refractivity contribution in [3.05, 3.63) is 405 Å². The van der Waals surface area contributed by atoms with Crippen LogP contribution in [-0.2, 0) is 51.5 Å². The van der Waals surface area contributed by atoms with Gasteiger partial charge in [0, 0.05) is 80.7 Å². The molecule has 0 unspecified atom stereocenters. The van der Waals surface area contributed by atoms with Gasteiger partial charge in [-0.05, 0) is 150 Å². The molecule has 12 aromatic heterocycles. The molecule has 0 radical (unpaired) electrons. The number of aryl methyl sites for hydroxylation is 7. The number of hydrogen-bond acceptors (Lipinski definition) is 35. The van der Waals surface area contributed by atoms with Crippen LogP contribution in [0, 0.1) is 47.0 Å². The molecule has 0 aliphatic heterocycles. The monoisotopic (exact) mass is 1940 g/mol. The first kappa shape index (κ1) is 97.2. The molecule has 0 saturated heterocycles. The minimum absolute atomic E-state index is 0.00675. The normalized spacial score (nSPS) is 12.4. The van der Waals surface area contributed by atoms with Crippen molar-refractivity contribution in [2.75, 3.05) is 13.2 Å². The molecule has 37 nitrogen and oxygen atoms in total. The average molecular weight is 1940 g/mol. The Morgan fingerprint density at radius 3 is 1.10 bits per heavy atom. The highest BCUT2D eigenvalue weighted by atomic mass is 16.6. The number of nitrogens with zero attached hydrogens (tertiary/aromatic N) is 11. The summed E-state index contributed by atoms with van der Waals surface area (Å²) in [4.78, 5) is 222. The van der Waals surface area contributed by atoms with Crippen LogP contribution in [0.3, 0.4) is 0 Å². The SMILES string of the molecule is C#Cc1cccc(OC(=O)c2c(C)oc3c2C(=O)c2ncccc2C3=O)c1.CC(=O)CCn1cc(CCOC(=O)c2c(C)oc3c2C(=O)c2ncccc2C3=O)nn1.CCCCn1cc(-c2cccc(OC(=O)c3c(C)oc4c3C(=O)c3ncccc3C4=O)c2)nn1.Cc1oc2c(c1C(=O)OCCc1ccccc1)C(=O)c1ncccc1C2=O.Cc1oc2c(c1C(=O)OCc1ccccc1)C(=O)c1ncccc1C2=O. The van der Waals surface area contributed by atoms with E-state index in [1.165, 1.54) is 109 Å². The van der Waals surface area contributed by atoms with E-state index >= 15 is 0 Å². The highest BCUT2D eigenvalue weighted by molar-refractivity contribution is 6.33. The van der Waals surface area contributed by atoms with E-state index in [4.69, 9.17) is 52.2 Å². The van der Waals surface area contributed by atoms with Crippen molar-refractivity contribution < 1.29 is 122 Å². The number of esters is 5. The third-order valence-electron chi connectivity index (χ3n) is 23.3. The van der Waals surface area contributed by atoms with Gasteiger partial charge in [0.2, 0.25) is 57.8 Å². The lowest BCUT2D eigenvalue weighted by Crippen LogP contribution is -2.23. The summed E-state index contributed by atoms with van der Waals surface area (Å²) in [5, 5.41) is 16.2. The molecule has 720 valence electrons. The van der Waals surface area contributed by atoms with Gasteiger partial charge >= 0.3 is 29.8 Å². The second kappa shape index (κ2) is 41.7. The molecule has 0 amide bonds. The Kier molecular flexibility index (Phi) is 28.0. The second-order valence-corrected chi connectivity index (χ2v) is 32.9. The lowest BCUT2D eigenvalue weighted by Gasteiger charge is -2.12. The maximum absolute atomic E-state index is 13.1. The third-order valence-corrected chi connectivity index (χ3v) is 23.3. The van der Waals surface area contributed by atoms with Crippen molar-refractivity contribution in [2.24, 2.45) is 0 Å². The van der Waals surface area contributed by atoms with Crippen LogP contribution in [0.1, 0.15) is 297 Å². The molecule has 5 aliphatic rings. The van der Waals surface area contributed by atoms with Crippen molar-refractivity contribution >= 4 is 93.5 Å². The number of terminal acetylenes is 1. The van der Waals surface area contributed by atoms with Crippen LogP contribution in [0.2, 0.25) is 0 Å². The topological polar surface area (TPSA) is 511 Å². The van der Waals surface area contributed by atoms with Gasteiger partial charge in [-0.2, -0.15) is 0 Å². The summed E-state index contributed by atoms with van der Waals surface area (Å²) in [5.41, 5.74) is 4.34. The molecule has 12 heterocycles. The fourth-order valence-corrected chi connectivity index (χ4v) is 16.4. The molecule has 0 N–H and O–H groups in total. The van der Waals surface area contributed by atoms with Crippen LogP contribution in [0.25, 0.3) is 11.3 Å². The van der Waals surface area contributed by atoms with E-state index in [-0.39, 0.29) is 207 Å². The van der Waals surface area contributed by atoms with Gasteiger partial charge in [0.25, 0.3) is 0 Å². The predicted octanol–water partition coefficient (Wildman–Crippen LogP) is 15.0. The molecule has 0 bridgehead atoms. The summed E-state index contributed by atoms with van der Waals surface area (Å²) in [6.45, 7) is 12.5. The zero-order valence-electron chi connectivity index (χ0n) is 77.9. The highest BCUT2D eigenvalue weighted by Crippen LogP contribution is 2.40. The van der Waals surface area contributed by atoms with E-state index in [0.29, 0.717) is 42.8 Å². The maximum atomic E-state index is 13.1. The lowest BCUT2D eigenvalue weighted by molar-refractivity contribution is -0.117. The summed E-state index contributed by atoms with van der Waals surface area (Å²) in [6, 6.07) is 47.3. The zero-order valence-corrected chi connectivity index (χ0v) is 77.9. The van der Waals surface area contributed by atoms with Gasteiger partial charge in [-0.1, -0.05) is 109 Å². The highest BCUT2D eigenvalue weighted by Gasteiger charge is 2.46. The molecule has 16 aromatic rings. The van der Waals surface area contributed by atoms with Gasteiger partial charge < -0.3 is 45.8 Å². The van der Waals surface area contributed by atoms with Crippen molar-refractivity contribution in [3.8, 4) is 35.1 Å². The molecule has 0 fully saturated rings. The first-order chi connectivity index (χ1) is 70.0. The van der Waals surface area contributed by atoms with Crippen molar-refractivity contribution in [3.63, 3.8) is 0 Å². The first-order valence-corrected chi connectivity index (χ1v) is 44.9. The molecule has 37 heteroatoms. The number of pyridine rings is 5. The Balaban J connectivity index is 0.000000125. The predicted molar refractivity (Wildman–Crippen MR) is 503 cm³/mol. The lowest BCUT2D eigenvalue weighted by atomic mass is 9.90.